The number of hydrogen-bond acceptors (Lipinski definition) is 4. The van der Waals surface area contributed by atoms with Crippen LogP contribution in [0.2, 0.25) is 0 Å². The fourth-order valence-electron chi connectivity index (χ4n) is 2.54. The second kappa shape index (κ2) is 7.10. The lowest BCUT2D eigenvalue weighted by molar-refractivity contribution is -0.153. The first-order chi connectivity index (χ1) is 12.7. The van der Waals surface area contributed by atoms with Gasteiger partial charge in [-0.25, -0.2) is 9.67 Å². The van der Waals surface area contributed by atoms with Gasteiger partial charge >= 0.3 is 6.18 Å². The Hall–Kier alpha value is -3.36. The average molecular weight is 376 g/mol. The molecule has 1 aromatic heterocycles. The van der Waals surface area contributed by atoms with E-state index in [1.54, 1.807) is 30.3 Å². The maximum Gasteiger partial charge on any atom is 0.422 e. The second-order valence-electron chi connectivity index (χ2n) is 5.83. The van der Waals surface area contributed by atoms with E-state index in [4.69, 9.17) is 10.5 Å². The summed E-state index contributed by atoms with van der Waals surface area (Å²) in [4.78, 5) is 15.0. The predicted molar refractivity (Wildman–Crippen MR) is 91.6 cm³/mol. The first kappa shape index (κ1) is 18.4. The molecular formula is C18H15F3N4O2. The van der Waals surface area contributed by atoms with E-state index in [0.29, 0.717) is 16.8 Å². The quantitative estimate of drug-likeness (QED) is 0.741. The number of halogens is 3. The molecule has 9 heteroatoms. The molecule has 0 saturated carbocycles. The standard InChI is InChI=1S/C18H15F3N4O2/c1-11-6-12(8-13(7-11)25-10-23-17(24-25)16(22)26)14-4-2-3-5-15(14)27-9-18(19,20)21/h2-8,10H,9H2,1H3,(H2,22,26). The minimum absolute atomic E-state index is 0.114. The van der Waals surface area contributed by atoms with Crippen LogP contribution in [-0.2, 0) is 0 Å². The zero-order valence-electron chi connectivity index (χ0n) is 14.2. The molecule has 27 heavy (non-hydrogen) atoms. The highest BCUT2D eigenvalue weighted by molar-refractivity contribution is 5.88. The van der Waals surface area contributed by atoms with E-state index in [1.807, 2.05) is 13.0 Å². The monoisotopic (exact) mass is 376 g/mol. The smallest absolute Gasteiger partial charge is 0.422 e. The number of amides is 1. The van der Waals surface area contributed by atoms with Gasteiger partial charge in [0, 0.05) is 5.56 Å². The van der Waals surface area contributed by atoms with Crippen molar-refractivity contribution in [2.24, 2.45) is 5.73 Å². The Morgan fingerprint density at radius 2 is 1.96 bits per heavy atom. The SMILES string of the molecule is Cc1cc(-c2ccccc2OCC(F)(F)F)cc(-n2cnc(C(N)=O)n2)c1. The molecule has 1 amide bonds. The van der Waals surface area contributed by atoms with Crippen LogP contribution in [0.15, 0.2) is 48.8 Å². The van der Waals surface area contributed by atoms with Crippen molar-refractivity contribution in [3.05, 3.63) is 60.2 Å². The summed E-state index contributed by atoms with van der Waals surface area (Å²) in [6.45, 7) is 0.450. The summed E-state index contributed by atoms with van der Waals surface area (Å²) in [7, 11) is 0. The number of benzene rings is 2. The molecular weight excluding hydrogens is 361 g/mol. The van der Waals surface area contributed by atoms with Crippen LogP contribution in [0.3, 0.4) is 0 Å². The fourth-order valence-corrected chi connectivity index (χ4v) is 2.54. The lowest BCUT2D eigenvalue weighted by atomic mass is 10.0. The van der Waals surface area contributed by atoms with Crippen molar-refractivity contribution < 1.29 is 22.7 Å². The molecule has 0 fully saturated rings. The topological polar surface area (TPSA) is 83.0 Å². The van der Waals surface area contributed by atoms with E-state index in [-0.39, 0.29) is 11.6 Å². The number of alkyl halides is 3. The summed E-state index contributed by atoms with van der Waals surface area (Å²) in [5, 5.41) is 4.00. The minimum atomic E-state index is -4.43. The summed E-state index contributed by atoms with van der Waals surface area (Å²) in [6, 6.07) is 11.8. The van der Waals surface area contributed by atoms with E-state index in [2.05, 4.69) is 10.1 Å². The average Bonchev–Trinajstić information content (AvgIpc) is 3.09. The van der Waals surface area contributed by atoms with E-state index in [9.17, 15) is 18.0 Å². The Labute approximate surface area is 152 Å². The largest absolute Gasteiger partial charge is 0.483 e. The van der Waals surface area contributed by atoms with Gasteiger partial charge in [0.2, 0.25) is 5.82 Å². The van der Waals surface area contributed by atoms with Gasteiger partial charge in [-0.15, -0.1) is 5.10 Å². The Kier molecular flexibility index (Phi) is 4.85. The molecule has 0 radical (unpaired) electrons. The number of carbonyl (C=O) groups excluding carboxylic acids is 1. The van der Waals surface area contributed by atoms with Crippen LogP contribution < -0.4 is 10.5 Å². The van der Waals surface area contributed by atoms with Gasteiger partial charge in [0.25, 0.3) is 5.91 Å². The minimum Gasteiger partial charge on any atom is -0.483 e. The number of para-hydroxylation sites is 1. The Balaban J connectivity index is 2.00. The number of nitrogens with two attached hydrogens (primary N) is 1. The van der Waals surface area contributed by atoms with Crippen LogP contribution in [0.4, 0.5) is 13.2 Å². The van der Waals surface area contributed by atoms with Crippen LogP contribution in [0.5, 0.6) is 5.75 Å². The summed E-state index contributed by atoms with van der Waals surface area (Å²) in [5.74, 6) is -0.776. The Morgan fingerprint density at radius 3 is 2.63 bits per heavy atom. The number of primary amides is 1. The third-order valence-electron chi connectivity index (χ3n) is 3.63. The zero-order valence-corrected chi connectivity index (χ0v) is 14.2. The number of carbonyl (C=O) groups is 1. The van der Waals surface area contributed by atoms with Gasteiger partial charge in [0.1, 0.15) is 12.1 Å². The number of aryl methyl sites for hydroxylation is 1. The third-order valence-corrected chi connectivity index (χ3v) is 3.63. The molecule has 3 aromatic rings. The normalized spacial score (nSPS) is 11.4. The van der Waals surface area contributed by atoms with E-state index >= 15 is 0 Å². The highest BCUT2D eigenvalue weighted by Crippen LogP contribution is 2.33. The molecule has 0 unspecified atom stereocenters. The van der Waals surface area contributed by atoms with E-state index in [0.717, 1.165) is 5.56 Å². The van der Waals surface area contributed by atoms with Crippen molar-refractivity contribution >= 4 is 5.91 Å². The first-order valence-electron chi connectivity index (χ1n) is 7.85. The molecule has 0 aliphatic rings. The van der Waals surface area contributed by atoms with Crippen molar-refractivity contribution in [3.8, 4) is 22.6 Å². The van der Waals surface area contributed by atoms with Crippen molar-refractivity contribution in [1.82, 2.24) is 14.8 Å². The van der Waals surface area contributed by atoms with Crippen LogP contribution in [0.25, 0.3) is 16.8 Å². The maximum absolute atomic E-state index is 12.5. The highest BCUT2D eigenvalue weighted by Gasteiger charge is 2.28. The van der Waals surface area contributed by atoms with Crippen LogP contribution in [0.1, 0.15) is 16.2 Å². The molecule has 2 N–H and O–H groups in total. The van der Waals surface area contributed by atoms with E-state index in [1.165, 1.54) is 17.1 Å². The Morgan fingerprint density at radius 1 is 1.22 bits per heavy atom. The fraction of sp³-hybridized carbons (Fsp3) is 0.167. The Bertz CT molecular complexity index is 983. The molecule has 0 aliphatic heterocycles. The predicted octanol–water partition coefficient (Wildman–Crippen LogP) is 3.28. The molecule has 2 aromatic carbocycles. The molecule has 0 bridgehead atoms. The highest BCUT2D eigenvalue weighted by atomic mass is 19.4. The van der Waals surface area contributed by atoms with Gasteiger partial charge in [0.05, 0.1) is 5.69 Å². The van der Waals surface area contributed by atoms with Crippen molar-refractivity contribution in [2.45, 2.75) is 13.1 Å². The van der Waals surface area contributed by atoms with Crippen molar-refractivity contribution in [2.75, 3.05) is 6.61 Å². The maximum atomic E-state index is 12.5. The van der Waals surface area contributed by atoms with Gasteiger partial charge in [0.15, 0.2) is 6.61 Å². The van der Waals surface area contributed by atoms with Crippen LogP contribution in [-0.4, -0.2) is 33.5 Å². The van der Waals surface area contributed by atoms with Crippen LogP contribution >= 0.6 is 0 Å². The van der Waals surface area contributed by atoms with Gasteiger partial charge in [-0.3, -0.25) is 4.79 Å². The molecule has 1 heterocycles. The second-order valence-corrected chi connectivity index (χ2v) is 5.83. The number of hydrogen-bond donors (Lipinski definition) is 1. The first-order valence-corrected chi connectivity index (χ1v) is 7.85. The molecule has 0 saturated heterocycles. The molecule has 140 valence electrons. The number of aromatic nitrogens is 3. The summed E-state index contributed by atoms with van der Waals surface area (Å²) < 4.78 is 43.9. The lowest BCUT2D eigenvalue weighted by Gasteiger charge is -2.14. The van der Waals surface area contributed by atoms with Gasteiger partial charge in [-0.1, -0.05) is 24.3 Å². The molecule has 3 rings (SSSR count). The van der Waals surface area contributed by atoms with Gasteiger partial charge < -0.3 is 10.5 Å². The number of rotatable bonds is 5. The lowest BCUT2D eigenvalue weighted by Crippen LogP contribution is -2.19. The molecule has 6 nitrogen and oxygen atoms in total. The van der Waals surface area contributed by atoms with E-state index < -0.39 is 18.7 Å². The number of ether oxygens (including phenoxy) is 1. The molecule has 0 aliphatic carbocycles. The van der Waals surface area contributed by atoms with Crippen LogP contribution in [0, 0.1) is 6.92 Å². The molecule has 0 spiro atoms. The number of nitrogens with zero attached hydrogens (tertiary/aromatic N) is 3. The summed E-state index contributed by atoms with van der Waals surface area (Å²) >= 11 is 0. The van der Waals surface area contributed by atoms with Gasteiger partial charge in [-0.2, -0.15) is 13.2 Å². The summed E-state index contributed by atoms with van der Waals surface area (Å²) in [5.41, 5.74) is 7.71. The van der Waals surface area contributed by atoms with Crippen molar-refractivity contribution in [1.29, 1.82) is 0 Å². The summed E-state index contributed by atoms with van der Waals surface area (Å²) in [6.07, 6.45) is -3.10. The molecule has 0 atom stereocenters. The zero-order chi connectivity index (χ0) is 19.6. The van der Waals surface area contributed by atoms with Gasteiger partial charge in [-0.05, 0) is 36.2 Å². The third kappa shape index (κ3) is 4.43. The van der Waals surface area contributed by atoms with Crippen molar-refractivity contribution in [3.63, 3.8) is 0 Å².